The standard InChI is InChI=1S/C15H24N4/c1-3-10-18(11-4-2)15-13(8-9-16)19-12-6-5-7-14(19)17-15/h5-7,12H,3-4,8-11,16H2,1-2H3. The predicted octanol–water partition coefficient (Wildman–Crippen LogP) is 2.46. The van der Waals surface area contributed by atoms with Crippen LogP contribution in [0, 0.1) is 0 Å². The maximum absolute atomic E-state index is 5.77. The van der Waals surface area contributed by atoms with Crippen LogP contribution >= 0.6 is 0 Å². The third-order valence-electron chi connectivity index (χ3n) is 3.28. The minimum atomic E-state index is 0.655. The Morgan fingerprint density at radius 1 is 1.21 bits per heavy atom. The Bertz CT molecular complexity index is 512. The maximum Gasteiger partial charge on any atom is 0.151 e. The van der Waals surface area contributed by atoms with Gasteiger partial charge < -0.3 is 15.0 Å². The van der Waals surface area contributed by atoms with Gasteiger partial charge in [-0.05, 0) is 31.5 Å². The van der Waals surface area contributed by atoms with Gasteiger partial charge in [0.05, 0.1) is 5.69 Å². The second-order valence-corrected chi connectivity index (χ2v) is 4.84. The lowest BCUT2D eigenvalue weighted by Crippen LogP contribution is -2.26. The van der Waals surface area contributed by atoms with E-state index in [1.54, 1.807) is 0 Å². The van der Waals surface area contributed by atoms with Gasteiger partial charge in [0.15, 0.2) is 5.82 Å². The minimum Gasteiger partial charge on any atom is -0.355 e. The first-order valence-corrected chi connectivity index (χ1v) is 7.22. The van der Waals surface area contributed by atoms with Crippen LogP contribution in [-0.4, -0.2) is 29.0 Å². The molecule has 0 aliphatic rings. The summed E-state index contributed by atoms with van der Waals surface area (Å²) in [5.41, 5.74) is 8.02. The van der Waals surface area contributed by atoms with Crippen LogP contribution in [0.15, 0.2) is 24.4 Å². The van der Waals surface area contributed by atoms with Gasteiger partial charge in [0, 0.05) is 25.7 Å². The first kappa shape index (κ1) is 13.9. The van der Waals surface area contributed by atoms with Crippen LogP contribution in [0.2, 0.25) is 0 Å². The van der Waals surface area contributed by atoms with Crippen LogP contribution in [0.3, 0.4) is 0 Å². The van der Waals surface area contributed by atoms with Crippen molar-refractivity contribution in [1.82, 2.24) is 9.38 Å². The molecule has 0 aliphatic carbocycles. The number of hydrogen-bond acceptors (Lipinski definition) is 3. The summed E-state index contributed by atoms with van der Waals surface area (Å²) in [6, 6.07) is 6.13. The molecule has 0 radical (unpaired) electrons. The summed E-state index contributed by atoms with van der Waals surface area (Å²) in [6.07, 6.45) is 5.21. The molecule has 2 aromatic heterocycles. The van der Waals surface area contributed by atoms with Gasteiger partial charge in [0.25, 0.3) is 0 Å². The molecule has 0 aliphatic heterocycles. The molecule has 0 atom stereocenters. The van der Waals surface area contributed by atoms with Gasteiger partial charge >= 0.3 is 0 Å². The first-order valence-electron chi connectivity index (χ1n) is 7.22. The topological polar surface area (TPSA) is 46.6 Å². The molecule has 0 saturated carbocycles. The zero-order valence-corrected chi connectivity index (χ0v) is 12.0. The summed E-state index contributed by atoms with van der Waals surface area (Å²) in [5.74, 6) is 1.11. The van der Waals surface area contributed by atoms with Crippen LogP contribution in [0.5, 0.6) is 0 Å². The Kier molecular flexibility index (Phi) is 4.80. The highest BCUT2D eigenvalue weighted by Crippen LogP contribution is 2.22. The molecule has 0 unspecified atom stereocenters. The number of fused-ring (bicyclic) bond motifs is 1. The van der Waals surface area contributed by atoms with Gasteiger partial charge in [0.1, 0.15) is 5.65 Å². The quantitative estimate of drug-likeness (QED) is 0.832. The number of nitrogens with two attached hydrogens (primary N) is 1. The zero-order chi connectivity index (χ0) is 13.7. The van der Waals surface area contributed by atoms with Crippen molar-refractivity contribution in [2.45, 2.75) is 33.1 Å². The molecule has 4 heteroatoms. The fourth-order valence-electron chi connectivity index (χ4n) is 2.52. The van der Waals surface area contributed by atoms with Crippen molar-refractivity contribution >= 4 is 11.5 Å². The fraction of sp³-hybridized carbons (Fsp3) is 0.533. The van der Waals surface area contributed by atoms with Crippen LogP contribution < -0.4 is 10.6 Å². The van der Waals surface area contributed by atoms with Crippen LogP contribution in [0.4, 0.5) is 5.82 Å². The predicted molar refractivity (Wildman–Crippen MR) is 80.7 cm³/mol. The van der Waals surface area contributed by atoms with E-state index in [1.807, 2.05) is 12.1 Å². The lowest BCUT2D eigenvalue weighted by atomic mass is 10.2. The van der Waals surface area contributed by atoms with E-state index in [2.05, 4.69) is 35.4 Å². The van der Waals surface area contributed by atoms with Crippen molar-refractivity contribution < 1.29 is 0 Å². The maximum atomic E-state index is 5.77. The van der Waals surface area contributed by atoms with E-state index < -0.39 is 0 Å². The van der Waals surface area contributed by atoms with Gasteiger partial charge in [-0.3, -0.25) is 0 Å². The van der Waals surface area contributed by atoms with Crippen molar-refractivity contribution in [3.63, 3.8) is 0 Å². The average molecular weight is 260 g/mol. The van der Waals surface area contributed by atoms with Crippen molar-refractivity contribution in [3.8, 4) is 0 Å². The average Bonchev–Trinajstić information content (AvgIpc) is 2.78. The van der Waals surface area contributed by atoms with E-state index >= 15 is 0 Å². The van der Waals surface area contributed by atoms with Crippen molar-refractivity contribution in [1.29, 1.82) is 0 Å². The molecule has 0 amide bonds. The van der Waals surface area contributed by atoms with Gasteiger partial charge in [-0.1, -0.05) is 19.9 Å². The van der Waals surface area contributed by atoms with Gasteiger partial charge in [-0.25, -0.2) is 4.98 Å². The lowest BCUT2D eigenvalue weighted by Gasteiger charge is -2.22. The third kappa shape index (κ3) is 2.89. The molecule has 0 fully saturated rings. The molecule has 104 valence electrons. The normalized spacial score (nSPS) is 11.1. The summed E-state index contributed by atoms with van der Waals surface area (Å²) in [6.45, 7) is 7.18. The van der Waals surface area contributed by atoms with E-state index in [1.165, 1.54) is 5.69 Å². The van der Waals surface area contributed by atoms with E-state index in [0.717, 1.165) is 43.8 Å². The summed E-state index contributed by atoms with van der Waals surface area (Å²) >= 11 is 0. The fourth-order valence-corrected chi connectivity index (χ4v) is 2.52. The minimum absolute atomic E-state index is 0.655. The molecule has 0 spiro atoms. The van der Waals surface area contributed by atoms with E-state index in [4.69, 9.17) is 10.7 Å². The number of pyridine rings is 1. The van der Waals surface area contributed by atoms with Crippen LogP contribution in [0.25, 0.3) is 5.65 Å². The molecule has 19 heavy (non-hydrogen) atoms. The highest BCUT2D eigenvalue weighted by molar-refractivity contribution is 5.56. The summed E-state index contributed by atoms with van der Waals surface area (Å²) in [5, 5.41) is 0. The molecule has 0 saturated heterocycles. The van der Waals surface area contributed by atoms with E-state index in [9.17, 15) is 0 Å². The molecule has 2 rings (SSSR count). The first-order chi connectivity index (χ1) is 9.31. The molecule has 0 aromatic carbocycles. The van der Waals surface area contributed by atoms with Crippen LogP contribution in [-0.2, 0) is 6.42 Å². The SMILES string of the molecule is CCCN(CCC)c1nc2ccccn2c1CCN. The zero-order valence-electron chi connectivity index (χ0n) is 12.0. The van der Waals surface area contributed by atoms with Crippen molar-refractivity contribution in [2.75, 3.05) is 24.5 Å². The van der Waals surface area contributed by atoms with Gasteiger partial charge in [-0.15, -0.1) is 0 Å². The smallest absolute Gasteiger partial charge is 0.151 e. The van der Waals surface area contributed by atoms with E-state index in [-0.39, 0.29) is 0 Å². The Balaban J connectivity index is 2.46. The second-order valence-electron chi connectivity index (χ2n) is 4.84. The monoisotopic (exact) mass is 260 g/mol. The number of hydrogen-bond donors (Lipinski definition) is 1. The van der Waals surface area contributed by atoms with Crippen molar-refractivity contribution in [3.05, 3.63) is 30.1 Å². The number of aromatic nitrogens is 2. The van der Waals surface area contributed by atoms with E-state index in [0.29, 0.717) is 6.54 Å². The van der Waals surface area contributed by atoms with Crippen LogP contribution in [0.1, 0.15) is 32.4 Å². The van der Waals surface area contributed by atoms with Gasteiger partial charge in [-0.2, -0.15) is 0 Å². The molecule has 2 aromatic rings. The molecule has 2 N–H and O–H groups in total. The highest BCUT2D eigenvalue weighted by atomic mass is 15.2. The highest BCUT2D eigenvalue weighted by Gasteiger charge is 2.16. The third-order valence-corrected chi connectivity index (χ3v) is 3.28. The summed E-state index contributed by atoms with van der Waals surface area (Å²) in [7, 11) is 0. The Labute approximate surface area is 115 Å². The summed E-state index contributed by atoms with van der Waals surface area (Å²) in [4.78, 5) is 7.19. The largest absolute Gasteiger partial charge is 0.355 e. The molecule has 2 heterocycles. The summed E-state index contributed by atoms with van der Waals surface area (Å²) < 4.78 is 2.17. The number of nitrogens with zero attached hydrogens (tertiary/aromatic N) is 3. The lowest BCUT2D eigenvalue weighted by molar-refractivity contribution is 0.729. The second kappa shape index (κ2) is 6.57. The molecular formula is C15H24N4. The Morgan fingerprint density at radius 2 is 1.95 bits per heavy atom. The molecule has 0 bridgehead atoms. The number of anilines is 1. The Morgan fingerprint density at radius 3 is 2.58 bits per heavy atom. The van der Waals surface area contributed by atoms with Crippen molar-refractivity contribution in [2.24, 2.45) is 5.73 Å². The number of imidazole rings is 1. The molecule has 4 nitrogen and oxygen atoms in total. The molecular weight excluding hydrogens is 236 g/mol. The Hall–Kier alpha value is -1.55. The number of rotatable bonds is 7. The van der Waals surface area contributed by atoms with Gasteiger partial charge in [0.2, 0.25) is 0 Å².